The molecule has 0 fully saturated rings. The third kappa shape index (κ3) is 4.46. The molecule has 0 aliphatic heterocycles. The van der Waals surface area contributed by atoms with Gasteiger partial charge in [-0.3, -0.25) is 14.8 Å². The van der Waals surface area contributed by atoms with E-state index in [1.165, 1.54) is 6.07 Å². The van der Waals surface area contributed by atoms with Gasteiger partial charge in [-0.2, -0.15) is 0 Å². The molecule has 96 valence electrons. The van der Waals surface area contributed by atoms with Crippen LogP contribution in [0.1, 0.15) is 39.5 Å². The summed E-state index contributed by atoms with van der Waals surface area (Å²) in [4.78, 5) is 29.4. The van der Waals surface area contributed by atoms with Crippen molar-refractivity contribution in [1.82, 2.24) is 9.97 Å². The van der Waals surface area contributed by atoms with E-state index in [-0.39, 0.29) is 5.56 Å². The highest BCUT2D eigenvalue weighted by molar-refractivity contribution is 5.36. The standard InChI is InChI=1S/C12H21N3O2/c1-3-5-7-15(8-6-4-2)10-9-11(16)14-12(17)13-10/h9H,3-8H2,1-2H3,(H2,13,14,16,17). The number of hydrogen-bond donors (Lipinski definition) is 2. The number of unbranched alkanes of at least 4 members (excludes halogenated alkanes) is 2. The topological polar surface area (TPSA) is 69.0 Å². The van der Waals surface area contributed by atoms with Gasteiger partial charge in [0.1, 0.15) is 5.82 Å². The van der Waals surface area contributed by atoms with Crippen molar-refractivity contribution in [1.29, 1.82) is 0 Å². The second kappa shape index (κ2) is 6.93. The number of hydrogen-bond acceptors (Lipinski definition) is 3. The molecule has 0 radical (unpaired) electrons. The maximum atomic E-state index is 11.3. The van der Waals surface area contributed by atoms with E-state index in [2.05, 4.69) is 28.7 Å². The van der Waals surface area contributed by atoms with Crippen molar-refractivity contribution < 1.29 is 0 Å². The summed E-state index contributed by atoms with van der Waals surface area (Å²) < 4.78 is 0. The maximum absolute atomic E-state index is 11.3. The van der Waals surface area contributed by atoms with Crippen LogP contribution in [0.5, 0.6) is 0 Å². The van der Waals surface area contributed by atoms with Crippen molar-refractivity contribution in [2.24, 2.45) is 0 Å². The minimum Gasteiger partial charge on any atom is -0.358 e. The van der Waals surface area contributed by atoms with E-state index >= 15 is 0 Å². The van der Waals surface area contributed by atoms with E-state index in [0.29, 0.717) is 5.82 Å². The van der Waals surface area contributed by atoms with Gasteiger partial charge in [-0.05, 0) is 12.8 Å². The van der Waals surface area contributed by atoms with E-state index < -0.39 is 5.69 Å². The Morgan fingerprint density at radius 1 is 1.06 bits per heavy atom. The predicted molar refractivity (Wildman–Crippen MR) is 69.7 cm³/mol. The Morgan fingerprint density at radius 3 is 2.12 bits per heavy atom. The number of nitrogens with zero attached hydrogens (tertiary/aromatic N) is 1. The monoisotopic (exact) mass is 239 g/mol. The van der Waals surface area contributed by atoms with E-state index in [1.54, 1.807) is 0 Å². The van der Waals surface area contributed by atoms with E-state index in [4.69, 9.17) is 0 Å². The third-order valence-corrected chi connectivity index (χ3v) is 2.65. The first-order valence-electron chi connectivity index (χ1n) is 6.26. The van der Waals surface area contributed by atoms with Crippen LogP contribution in [0.4, 0.5) is 5.82 Å². The predicted octanol–water partition coefficient (Wildman–Crippen LogP) is 1.47. The summed E-state index contributed by atoms with van der Waals surface area (Å²) in [6.45, 7) is 5.99. The van der Waals surface area contributed by atoms with E-state index in [1.807, 2.05) is 0 Å². The normalized spacial score (nSPS) is 10.5. The minimum absolute atomic E-state index is 0.346. The molecule has 0 atom stereocenters. The maximum Gasteiger partial charge on any atom is 0.327 e. The summed E-state index contributed by atoms with van der Waals surface area (Å²) in [6, 6.07) is 1.45. The molecule has 0 amide bonds. The molecule has 0 saturated carbocycles. The lowest BCUT2D eigenvalue weighted by Crippen LogP contribution is -2.31. The van der Waals surface area contributed by atoms with Crippen molar-refractivity contribution in [2.45, 2.75) is 39.5 Å². The van der Waals surface area contributed by atoms with Crippen LogP contribution >= 0.6 is 0 Å². The molecule has 0 saturated heterocycles. The van der Waals surface area contributed by atoms with Crippen LogP contribution in [0.15, 0.2) is 15.7 Å². The Balaban J connectivity index is 2.86. The minimum atomic E-state index is -0.439. The summed E-state index contributed by atoms with van der Waals surface area (Å²) >= 11 is 0. The van der Waals surface area contributed by atoms with E-state index in [9.17, 15) is 9.59 Å². The van der Waals surface area contributed by atoms with Gasteiger partial charge in [0.2, 0.25) is 0 Å². The van der Waals surface area contributed by atoms with Gasteiger partial charge < -0.3 is 4.90 Å². The lowest BCUT2D eigenvalue weighted by molar-refractivity contribution is 0.668. The van der Waals surface area contributed by atoms with Crippen LogP contribution in [0.3, 0.4) is 0 Å². The largest absolute Gasteiger partial charge is 0.358 e. The van der Waals surface area contributed by atoms with Crippen molar-refractivity contribution in [3.05, 3.63) is 26.9 Å². The molecule has 0 aliphatic rings. The van der Waals surface area contributed by atoms with Crippen molar-refractivity contribution in [2.75, 3.05) is 18.0 Å². The number of anilines is 1. The highest BCUT2D eigenvalue weighted by Gasteiger charge is 2.07. The Bertz CT molecular complexity index is 400. The Morgan fingerprint density at radius 2 is 1.65 bits per heavy atom. The molecule has 0 unspecified atom stereocenters. The van der Waals surface area contributed by atoms with Gasteiger partial charge in [0.25, 0.3) is 5.56 Å². The second-order valence-electron chi connectivity index (χ2n) is 4.17. The van der Waals surface area contributed by atoms with Gasteiger partial charge in [-0.15, -0.1) is 0 Å². The fraction of sp³-hybridized carbons (Fsp3) is 0.667. The molecule has 5 nitrogen and oxygen atoms in total. The lowest BCUT2D eigenvalue weighted by atomic mass is 10.2. The van der Waals surface area contributed by atoms with Gasteiger partial charge >= 0.3 is 5.69 Å². The summed E-state index contributed by atoms with van der Waals surface area (Å²) in [5.41, 5.74) is -0.785. The third-order valence-electron chi connectivity index (χ3n) is 2.65. The lowest BCUT2D eigenvalue weighted by Gasteiger charge is -2.23. The van der Waals surface area contributed by atoms with Crippen LogP contribution in [-0.4, -0.2) is 23.1 Å². The molecule has 0 aromatic carbocycles. The highest BCUT2D eigenvalue weighted by Crippen LogP contribution is 2.08. The molecule has 2 N–H and O–H groups in total. The average molecular weight is 239 g/mol. The first-order chi connectivity index (χ1) is 8.17. The molecule has 0 spiro atoms. The Labute approximate surface area is 101 Å². The molecular formula is C12H21N3O2. The molecule has 1 heterocycles. The average Bonchev–Trinajstić information content (AvgIpc) is 2.28. The molecule has 5 heteroatoms. The van der Waals surface area contributed by atoms with Crippen molar-refractivity contribution >= 4 is 5.82 Å². The van der Waals surface area contributed by atoms with Gasteiger partial charge in [0, 0.05) is 19.2 Å². The van der Waals surface area contributed by atoms with Crippen molar-refractivity contribution in [3.8, 4) is 0 Å². The zero-order chi connectivity index (χ0) is 12.7. The zero-order valence-electron chi connectivity index (χ0n) is 10.6. The SMILES string of the molecule is CCCCN(CCCC)c1cc(=O)[nH]c(=O)[nH]1. The molecule has 1 aromatic heterocycles. The number of nitrogens with one attached hydrogen (secondary N) is 2. The van der Waals surface area contributed by atoms with Gasteiger partial charge in [0.15, 0.2) is 0 Å². The summed E-state index contributed by atoms with van der Waals surface area (Å²) in [5.74, 6) is 0.626. The smallest absolute Gasteiger partial charge is 0.327 e. The number of aromatic amines is 2. The number of H-pyrrole nitrogens is 2. The fourth-order valence-electron chi connectivity index (χ4n) is 1.68. The first-order valence-corrected chi connectivity index (χ1v) is 6.26. The summed E-state index contributed by atoms with van der Waals surface area (Å²) in [5, 5.41) is 0. The molecule has 0 bridgehead atoms. The van der Waals surface area contributed by atoms with Crippen molar-refractivity contribution in [3.63, 3.8) is 0 Å². The van der Waals surface area contributed by atoms with Crippen LogP contribution in [0.25, 0.3) is 0 Å². The zero-order valence-corrected chi connectivity index (χ0v) is 10.6. The van der Waals surface area contributed by atoms with Crippen LogP contribution < -0.4 is 16.1 Å². The van der Waals surface area contributed by atoms with Crippen LogP contribution in [-0.2, 0) is 0 Å². The molecular weight excluding hydrogens is 218 g/mol. The molecule has 17 heavy (non-hydrogen) atoms. The van der Waals surface area contributed by atoms with Gasteiger partial charge in [-0.1, -0.05) is 26.7 Å². The van der Waals surface area contributed by atoms with Gasteiger partial charge in [0.05, 0.1) is 0 Å². The Kier molecular flexibility index (Phi) is 5.52. The quantitative estimate of drug-likeness (QED) is 0.757. The van der Waals surface area contributed by atoms with Crippen LogP contribution in [0, 0.1) is 0 Å². The molecule has 1 rings (SSSR count). The highest BCUT2D eigenvalue weighted by atomic mass is 16.2. The first kappa shape index (κ1) is 13.5. The van der Waals surface area contributed by atoms with E-state index in [0.717, 1.165) is 38.8 Å². The molecule has 0 aliphatic carbocycles. The summed E-state index contributed by atoms with van der Waals surface area (Å²) in [7, 11) is 0. The fourth-order valence-corrected chi connectivity index (χ4v) is 1.68. The van der Waals surface area contributed by atoms with Crippen LogP contribution in [0.2, 0.25) is 0 Å². The second-order valence-corrected chi connectivity index (χ2v) is 4.17. The molecule has 1 aromatic rings. The number of aromatic nitrogens is 2. The summed E-state index contributed by atoms with van der Waals surface area (Å²) in [6.07, 6.45) is 4.29. The number of rotatable bonds is 7. The van der Waals surface area contributed by atoms with Gasteiger partial charge in [-0.25, -0.2) is 4.79 Å². The Hall–Kier alpha value is -1.52.